The molecule has 72 valence electrons. The van der Waals surface area contributed by atoms with Crippen molar-refractivity contribution in [2.24, 2.45) is 0 Å². The number of likely N-dealkylation sites (N-methyl/N-ethyl adjacent to an activating group) is 1. The van der Waals surface area contributed by atoms with Crippen molar-refractivity contribution in [1.29, 1.82) is 0 Å². The fraction of sp³-hybridized carbons (Fsp3) is 0.500. The van der Waals surface area contributed by atoms with Gasteiger partial charge >= 0.3 is 0 Å². The smallest absolute Gasteiger partial charge is 0.225 e. The molecule has 4 nitrogen and oxygen atoms in total. The molecular formula is C8H12ClN3O. The highest BCUT2D eigenvalue weighted by Crippen LogP contribution is 2.10. The van der Waals surface area contributed by atoms with E-state index in [1.54, 1.807) is 4.90 Å². The first-order valence-corrected chi connectivity index (χ1v) is 4.34. The van der Waals surface area contributed by atoms with Crippen molar-refractivity contribution in [3.8, 4) is 0 Å². The van der Waals surface area contributed by atoms with Crippen LogP contribution in [0.2, 0.25) is 5.02 Å². The maximum atomic E-state index is 8.90. The van der Waals surface area contributed by atoms with E-state index in [1.807, 2.05) is 14.0 Å². The number of hydrogen-bond acceptors (Lipinski definition) is 4. The minimum absolute atomic E-state index is 0.00109. The Balaban J connectivity index is 2.77. The number of rotatable bonds is 3. The quantitative estimate of drug-likeness (QED) is 0.791. The Labute approximate surface area is 82.2 Å². The molecule has 1 heterocycles. The van der Waals surface area contributed by atoms with Gasteiger partial charge in [0.1, 0.15) is 0 Å². The third kappa shape index (κ3) is 2.54. The molecule has 0 fully saturated rings. The minimum atomic E-state index is 0.00109. The van der Waals surface area contributed by atoms with Crippen LogP contribution >= 0.6 is 11.6 Å². The fourth-order valence-corrected chi connectivity index (χ4v) is 0.905. The number of anilines is 1. The van der Waals surface area contributed by atoms with Crippen LogP contribution in [0.15, 0.2) is 12.4 Å². The van der Waals surface area contributed by atoms with Gasteiger partial charge in [-0.25, -0.2) is 9.97 Å². The second-order valence-corrected chi connectivity index (χ2v) is 3.28. The Morgan fingerprint density at radius 1 is 1.54 bits per heavy atom. The van der Waals surface area contributed by atoms with Gasteiger partial charge in [0.25, 0.3) is 0 Å². The second-order valence-electron chi connectivity index (χ2n) is 2.84. The Hall–Kier alpha value is -0.870. The van der Waals surface area contributed by atoms with Gasteiger partial charge in [-0.05, 0) is 6.92 Å². The number of hydrogen-bond donors (Lipinski definition) is 1. The summed E-state index contributed by atoms with van der Waals surface area (Å²) >= 11 is 5.64. The minimum Gasteiger partial charge on any atom is -0.394 e. The van der Waals surface area contributed by atoms with Crippen LogP contribution in [0.4, 0.5) is 5.95 Å². The largest absolute Gasteiger partial charge is 0.394 e. The van der Waals surface area contributed by atoms with Gasteiger partial charge in [0, 0.05) is 7.05 Å². The zero-order chi connectivity index (χ0) is 9.84. The van der Waals surface area contributed by atoms with E-state index in [1.165, 1.54) is 12.4 Å². The van der Waals surface area contributed by atoms with Crippen molar-refractivity contribution >= 4 is 17.5 Å². The molecule has 1 atom stereocenters. The van der Waals surface area contributed by atoms with E-state index in [0.717, 1.165) is 0 Å². The molecule has 0 aliphatic rings. The van der Waals surface area contributed by atoms with Crippen molar-refractivity contribution in [3.63, 3.8) is 0 Å². The molecule has 13 heavy (non-hydrogen) atoms. The number of aliphatic hydroxyl groups is 1. The van der Waals surface area contributed by atoms with Gasteiger partial charge in [-0.1, -0.05) is 11.6 Å². The fourth-order valence-electron chi connectivity index (χ4n) is 0.807. The molecule has 0 aliphatic heterocycles. The highest BCUT2D eigenvalue weighted by Gasteiger charge is 2.10. The van der Waals surface area contributed by atoms with E-state index in [2.05, 4.69) is 9.97 Å². The van der Waals surface area contributed by atoms with Crippen LogP contribution in [-0.4, -0.2) is 34.8 Å². The molecule has 0 saturated heterocycles. The van der Waals surface area contributed by atoms with E-state index >= 15 is 0 Å². The van der Waals surface area contributed by atoms with Gasteiger partial charge in [-0.15, -0.1) is 0 Å². The van der Waals surface area contributed by atoms with Crippen LogP contribution in [0, 0.1) is 0 Å². The van der Waals surface area contributed by atoms with Crippen molar-refractivity contribution in [1.82, 2.24) is 9.97 Å². The average molecular weight is 202 g/mol. The molecule has 5 heteroatoms. The summed E-state index contributed by atoms with van der Waals surface area (Å²) in [6.45, 7) is 1.96. The SMILES string of the molecule is CC(CO)N(C)c1ncc(Cl)cn1. The summed E-state index contributed by atoms with van der Waals surface area (Å²) in [7, 11) is 1.82. The average Bonchev–Trinajstić information content (AvgIpc) is 2.17. The van der Waals surface area contributed by atoms with Crippen molar-refractivity contribution in [2.75, 3.05) is 18.6 Å². The van der Waals surface area contributed by atoms with Crippen LogP contribution in [-0.2, 0) is 0 Å². The number of aromatic nitrogens is 2. The van der Waals surface area contributed by atoms with Gasteiger partial charge in [-0.3, -0.25) is 0 Å². The maximum Gasteiger partial charge on any atom is 0.225 e. The van der Waals surface area contributed by atoms with Crippen molar-refractivity contribution in [3.05, 3.63) is 17.4 Å². The van der Waals surface area contributed by atoms with E-state index in [0.29, 0.717) is 11.0 Å². The summed E-state index contributed by atoms with van der Waals surface area (Å²) < 4.78 is 0. The zero-order valence-electron chi connectivity index (χ0n) is 7.61. The normalized spacial score (nSPS) is 12.6. The Morgan fingerprint density at radius 3 is 2.54 bits per heavy atom. The second kappa shape index (κ2) is 4.39. The molecule has 0 amide bonds. The third-order valence-electron chi connectivity index (χ3n) is 1.85. The van der Waals surface area contributed by atoms with Crippen LogP contribution in [0.1, 0.15) is 6.92 Å². The lowest BCUT2D eigenvalue weighted by Gasteiger charge is -2.22. The first kappa shape index (κ1) is 10.2. The van der Waals surface area contributed by atoms with Gasteiger partial charge in [-0.2, -0.15) is 0 Å². The molecule has 0 radical (unpaired) electrons. The van der Waals surface area contributed by atoms with E-state index in [9.17, 15) is 0 Å². The summed E-state index contributed by atoms with van der Waals surface area (Å²) in [6.07, 6.45) is 3.06. The maximum absolute atomic E-state index is 8.90. The van der Waals surface area contributed by atoms with E-state index in [4.69, 9.17) is 16.7 Å². The predicted molar refractivity (Wildman–Crippen MR) is 52.0 cm³/mol. The molecule has 1 aromatic heterocycles. The summed E-state index contributed by atoms with van der Waals surface area (Å²) in [6, 6.07) is 0.00109. The van der Waals surface area contributed by atoms with E-state index < -0.39 is 0 Å². The molecule has 0 spiro atoms. The molecule has 0 aliphatic carbocycles. The van der Waals surface area contributed by atoms with Gasteiger partial charge in [0.15, 0.2) is 0 Å². The highest BCUT2D eigenvalue weighted by molar-refractivity contribution is 6.30. The van der Waals surface area contributed by atoms with Gasteiger partial charge < -0.3 is 10.0 Å². The molecule has 1 aromatic rings. The molecular weight excluding hydrogens is 190 g/mol. The third-order valence-corrected chi connectivity index (χ3v) is 2.04. The Morgan fingerprint density at radius 2 is 2.08 bits per heavy atom. The molecule has 0 bridgehead atoms. The lowest BCUT2D eigenvalue weighted by molar-refractivity contribution is 0.269. The van der Waals surface area contributed by atoms with Crippen LogP contribution in [0.5, 0.6) is 0 Å². The van der Waals surface area contributed by atoms with Crippen LogP contribution < -0.4 is 4.90 Å². The van der Waals surface area contributed by atoms with Gasteiger partial charge in [0.2, 0.25) is 5.95 Å². The summed E-state index contributed by atoms with van der Waals surface area (Å²) in [5, 5.41) is 9.41. The molecule has 1 N–H and O–H groups in total. The summed E-state index contributed by atoms with van der Waals surface area (Å²) in [4.78, 5) is 9.83. The number of halogens is 1. The van der Waals surface area contributed by atoms with Crippen molar-refractivity contribution in [2.45, 2.75) is 13.0 Å². The standard InChI is InChI=1S/C8H12ClN3O/c1-6(5-13)12(2)8-10-3-7(9)4-11-8/h3-4,6,13H,5H2,1-2H3. The van der Waals surface area contributed by atoms with E-state index in [-0.39, 0.29) is 12.6 Å². The lowest BCUT2D eigenvalue weighted by Crippen LogP contribution is -2.33. The predicted octanol–water partition coefficient (Wildman–Crippen LogP) is 0.947. The van der Waals surface area contributed by atoms with Crippen LogP contribution in [0.3, 0.4) is 0 Å². The first-order valence-electron chi connectivity index (χ1n) is 3.96. The Kier molecular flexibility index (Phi) is 3.45. The molecule has 0 saturated carbocycles. The first-order chi connectivity index (χ1) is 6.15. The lowest BCUT2D eigenvalue weighted by atomic mass is 10.3. The molecule has 1 rings (SSSR count). The van der Waals surface area contributed by atoms with Crippen molar-refractivity contribution < 1.29 is 5.11 Å². The van der Waals surface area contributed by atoms with Gasteiger partial charge in [0.05, 0.1) is 30.1 Å². The molecule has 1 unspecified atom stereocenters. The summed E-state index contributed by atoms with van der Waals surface area (Å²) in [5.74, 6) is 0.561. The highest BCUT2D eigenvalue weighted by atomic mass is 35.5. The topological polar surface area (TPSA) is 49.2 Å². The zero-order valence-corrected chi connectivity index (χ0v) is 8.36. The van der Waals surface area contributed by atoms with Crippen LogP contribution in [0.25, 0.3) is 0 Å². The number of aliphatic hydroxyl groups excluding tert-OH is 1. The Bertz CT molecular complexity index is 265. The number of nitrogens with zero attached hydrogens (tertiary/aromatic N) is 3. The summed E-state index contributed by atoms with van der Waals surface area (Å²) in [5.41, 5.74) is 0. The monoisotopic (exact) mass is 201 g/mol. The molecule has 0 aromatic carbocycles.